The van der Waals surface area contributed by atoms with E-state index in [1.54, 1.807) is 12.1 Å². The van der Waals surface area contributed by atoms with Crippen LogP contribution in [-0.2, 0) is 30.0 Å². The largest absolute Gasteiger partial charge is 0.483 e. The second kappa shape index (κ2) is 15.2. The van der Waals surface area contributed by atoms with Crippen LogP contribution in [0.2, 0.25) is 0 Å². The number of hydrogen-bond donors (Lipinski definition) is 4. The van der Waals surface area contributed by atoms with Gasteiger partial charge in [-0.05, 0) is 84.5 Å². The van der Waals surface area contributed by atoms with E-state index in [-0.39, 0.29) is 43.3 Å². The number of nitrogens with one attached hydrogen (secondary N) is 4. The molecule has 0 saturated heterocycles. The molecule has 2 rings (SSSR count). The molecular weight excluding hydrogens is 660 g/mol. The molecule has 4 N–H and O–H groups in total. The Labute approximate surface area is 257 Å². The molecule has 0 aliphatic rings. The molecule has 2 aromatic rings. The molecule has 0 unspecified atom stereocenters. The van der Waals surface area contributed by atoms with Crippen molar-refractivity contribution >= 4 is 55.5 Å². The van der Waals surface area contributed by atoms with Gasteiger partial charge < -0.3 is 9.47 Å². The summed E-state index contributed by atoms with van der Waals surface area (Å²) in [4.78, 5) is 48.0. The average Bonchev–Trinajstić information content (AvgIpc) is 2.88. The highest BCUT2D eigenvalue weighted by Gasteiger charge is 2.17. The van der Waals surface area contributed by atoms with Gasteiger partial charge in [-0.3, -0.25) is 40.9 Å². The molecule has 0 aliphatic heterocycles. The summed E-state index contributed by atoms with van der Waals surface area (Å²) in [5, 5.41) is 0. The van der Waals surface area contributed by atoms with Crippen molar-refractivity contribution in [1.29, 1.82) is 0 Å². The third-order valence-corrected chi connectivity index (χ3v) is 7.04. The van der Waals surface area contributed by atoms with Crippen molar-refractivity contribution in [2.45, 2.75) is 71.6 Å². The summed E-state index contributed by atoms with van der Waals surface area (Å²) >= 11 is 6.90. The summed E-state index contributed by atoms with van der Waals surface area (Å²) in [5.74, 6) is -1.00. The van der Waals surface area contributed by atoms with Crippen LogP contribution >= 0.6 is 31.9 Å². The van der Waals surface area contributed by atoms with Crippen LogP contribution in [0.3, 0.4) is 0 Å². The van der Waals surface area contributed by atoms with Crippen LogP contribution in [-0.4, -0.2) is 36.8 Å². The third kappa shape index (κ3) is 12.1. The van der Waals surface area contributed by atoms with Gasteiger partial charge in [0.25, 0.3) is 11.8 Å². The highest BCUT2D eigenvalue weighted by molar-refractivity contribution is 9.10. The first-order chi connectivity index (χ1) is 19.1. The maximum Gasteiger partial charge on any atom is 0.276 e. The molecule has 0 spiro atoms. The molecule has 10 nitrogen and oxygen atoms in total. The zero-order valence-electron chi connectivity index (χ0n) is 24.2. The lowest BCUT2D eigenvalue weighted by molar-refractivity contribution is -0.131. The van der Waals surface area contributed by atoms with Crippen LogP contribution in [0.15, 0.2) is 45.3 Å². The van der Waals surface area contributed by atoms with E-state index >= 15 is 0 Å². The summed E-state index contributed by atoms with van der Waals surface area (Å²) in [6.07, 6.45) is 0.185. The number of carbonyl (C=O) groups excluding carboxylic acids is 4. The first-order valence-electron chi connectivity index (χ1n) is 13.1. The smallest absolute Gasteiger partial charge is 0.276 e. The number of rotatable bonds is 10. The van der Waals surface area contributed by atoms with E-state index < -0.39 is 23.6 Å². The van der Waals surface area contributed by atoms with Crippen LogP contribution in [0.25, 0.3) is 0 Å². The van der Waals surface area contributed by atoms with Gasteiger partial charge in [0.15, 0.2) is 13.2 Å². The minimum Gasteiger partial charge on any atom is -0.483 e. The Balaban J connectivity index is 1.60. The Morgan fingerprint density at radius 3 is 1.27 bits per heavy atom. The molecule has 224 valence electrons. The van der Waals surface area contributed by atoms with Gasteiger partial charge in [0, 0.05) is 12.8 Å². The lowest BCUT2D eigenvalue weighted by Gasteiger charge is -2.20. The van der Waals surface area contributed by atoms with Crippen LogP contribution < -0.4 is 31.2 Å². The number of halogens is 2. The molecule has 0 radical (unpaired) electrons. The van der Waals surface area contributed by atoms with Crippen LogP contribution in [0, 0.1) is 0 Å². The molecule has 0 bridgehead atoms. The van der Waals surface area contributed by atoms with E-state index in [1.807, 2.05) is 24.3 Å². The molecule has 12 heteroatoms. The van der Waals surface area contributed by atoms with Gasteiger partial charge in [-0.1, -0.05) is 53.7 Å². The molecule has 41 heavy (non-hydrogen) atoms. The van der Waals surface area contributed by atoms with Gasteiger partial charge >= 0.3 is 0 Å². The molecule has 2 aromatic carbocycles. The lowest BCUT2D eigenvalue weighted by Crippen LogP contribution is -2.44. The van der Waals surface area contributed by atoms with Crippen LogP contribution in [0.4, 0.5) is 0 Å². The van der Waals surface area contributed by atoms with Crippen molar-refractivity contribution in [3.05, 3.63) is 56.5 Å². The van der Waals surface area contributed by atoms with Gasteiger partial charge in [0.05, 0.1) is 8.95 Å². The number of hydrogen-bond acceptors (Lipinski definition) is 6. The predicted octanol–water partition coefficient (Wildman–Crippen LogP) is 4.73. The Morgan fingerprint density at radius 1 is 0.610 bits per heavy atom. The van der Waals surface area contributed by atoms with E-state index in [0.29, 0.717) is 11.5 Å². The second-order valence-corrected chi connectivity index (χ2v) is 13.1. The summed E-state index contributed by atoms with van der Waals surface area (Å²) in [6, 6.07) is 11.3. The van der Waals surface area contributed by atoms with E-state index in [2.05, 4.69) is 95.1 Å². The van der Waals surface area contributed by atoms with Crippen molar-refractivity contribution in [3.8, 4) is 11.5 Å². The Kier molecular flexibility index (Phi) is 12.6. The van der Waals surface area contributed by atoms with Crippen molar-refractivity contribution in [3.63, 3.8) is 0 Å². The third-order valence-electron chi connectivity index (χ3n) is 5.80. The summed E-state index contributed by atoms with van der Waals surface area (Å²) < 4.78 is 12.5. The molecule has 0 aliphatic carbocycles. The Morgan fingerprint density at radius 2 is 0.951 bits per heavy atom. The SMILES string of the molecule is CC(C)(C)c1ccc(OCC(=O)NNC(=O)CCCC(=O)NNC(=O)COc2ccc(C(C)(C)C)cc2Br)c(Br)c1. The molecule has 0 fully saturated rings. The van der Waals surface area contributed by atoms with E-state index in [9.17, 15) is 19.2 Å². The zero-order valence-corrected chi connectivity index (χ0v) is 27.4. The minimum absolute atomic E-state index is 0.00990. The van der Waals surface area contributed by atoms with Crippen molar-refractivity contribution < 1.29 is 28.7 Å². The second-order valence-electron chi connectivity index (χ2n) is 11.4. The molecule has 0 saturated carbocycles. The van der Waals surface area contributed by atoms with Gasteiger partial charge in [0.1, 0.15) is 11.5 Å². The molecular formula is C29H38Br2N4O6. The Bertz CT molecular complexity index is 1160. The van der Waals surface area contributed by atoms with E-state index in [1.165, 1.54) is 0 Å². The Hall–Kier alpha value is -3.12. The number of benzene rings is 2. The zero-order chi connectivity index (χ0) is 30.8. The molecule has 0 heterocycles. The summed E-state index contributed by atoms with van der Waals surface area (Å²) in [6.45, 7) is 12.0. The number of carbonyl (C=O) groups is 4. The van der Waals surface area contributed by atoms with Crippen LogP contribution in [0.5, 0.6) is 11.5 Å². The fourth-order valence-corrected chi connectivity index (χ4v) is 4.33. The summed E-state index contributed by atoms with van der Waals surface area (Å²) in [7, 11) is 0. The number of amides is 4. The van der Waals surface area contributed by atoms with Crippen molar-refractivity contribution in [2.24, 2.45) is 0 Å². The number of hydrazine groups is 2. The normalized spacial score (nSPS) is 11.3. The van der Waals surface area contributed by atoms with Gasteiger partial charge in [-0.2, -0.15) is 0 Å². The van der Waals surface area contributed by atoms with Gasteiger partial charge in [-0.25, -0.2) is 0 Å². The highest BCUT2D eigenvalue weighted by atomic mass is 79.9. The van der Waals surface area contributed by atoms with E-state index in [4.69, 9.17) is 9.47 Å². The molecule has 0 aromatic heterocycles. The quantitative estimate of drug-likeness (QED) is 0.265. The topological polar surface area (TPSA) is 135 Å². The van der Waals surface area contributed by atoms with Crippen molar-refractivity contribution in [1.82, 2.24) is 21.7 Å². The lowest BCUT2D eigenvalue weighted by atomic mass is 9.87. The molecule has 4 amide bonds. The standard InChI is InChI=1S/C29H38Br2N4O6/c1-28(2,3)18-10-12-22(20(30)14-18)40-16-26(38)34-32-24(36)8-7-9-25(37)33-35-27(39)17-41-23-13-11-19(15-21(23)31)29(4,5)6/h10-15H,7-9,16-17H2,1-6H3,(H,32,36)(H,33,37)(H,34,38)(H,35,39). The maximum atomic E-state index is 12.0. The molecule has 0 atom stereocenters. The first kappa shape index (κ1) is 34.1. The fraction of sp³-hybridized carbons (Fsp3) is 0.448. The van der Waals surface area contributed by atoms with E-state index in [0.717, 1.165) is 20.1 Å². The maximum absolute atomic E-state index is 12.0. The highest BCUT2D eigenvalue weighted by Crippen LogP contribution is 2.32. The minimum atomic E-state index is -0.537. The van der Waals surface area contributed by atoms with Gasteiger partial charge in [0.2, 0.25) is 11.8 Å². The van der Waals surface area contributed by atoms with Crippen LogP contribution in [0.1, 0.15) is 71.9 Å². The summed E-state index contributed by atoms with van der Waals surface area (Å²) in [5.41, 5.74) is 11.3. The average molecular weight is 698 g/mol. The fourth-order valence-electron chi connectivity index (χ4n) is 3.34. The predicted molar refractivity (Wildman–Crippen MR) is 163 cm³/mol. The number of ether oxygens (including phenoxy) is 2. The van der Waals surface area contributed by atoms with Gasteiger partial charge in [-0.15, -0.1) is 0 Å². The van der Waals surface area contributed by atoms with Crippen molar-refractivity contribution in [2.75, 3.05) is 13.2 Å². The first-order valence-corrected chi connectivity index (χ1v) is 14.7. The monoisotopic (exact) mass is 696 g/mol.